The van der Waals surface area contributed by atoms with Crippen molar-refractivity contribution in [2.24, 2.45) is 0 Å². The zero-order valence-electron chi connectivity index (χ0n) is 17.1. The Hall–Kier alpha value is -2.98. The standard InChI is InChI=1S/C20H21F5N4O2/c1-10(12-4-5-14(21)17(22)16(12)20(23,24)25)6-7-28(3)19(31)18-13-8-29(11(2)30)9-15(13)26-27-18/h4-5,10H,6-9H2,1-3H3,(H,26,27). The van der Waals surface area contributed by atoms with Crippen molar-refractivity contribution >= 4 is 11.8 Å². The summed E-state index contributed by atoms with van der Waals surface area (Å²) in [4.78, 5) is 27.2. The molecule has 1 aliphatic rings. The van der Waals surface area contributed by atoms with Crippen LogP contribution in [-0.4, -0.2) is 45.4 Å². The Bertz CT molecular complexity index is 1020. The number of H-pyrrole nitrogens is 1. The Labute approximate surface area is 175 Å². The molecule has 0 spiro atoms. The number of amides is 2. The second-order valence-corrected chi connectivity index (χ2v) is 7.64. The van der Waals surface area contributed by atoms with Crippen molar-refractivity contribution in [3.05, 3.63) is 51.8 Å². The SMILES string of the molecule is CC(=O)N1Cc2[nH]nc(C(=O)N(C)CCC(C)c3ccc(F)c(F)c3C(F)(F)F)c2C1. The van der Waals surface area contributed by atoms with Crippen LogP contribution in [0.3, 0.4) is 0 Å². The minimum absolute atomic E-state index is 0.0638. The molecular weight excluding hydrogens is 423 g/mol. The number of benzene rings is 1. The second-order valence-electron chi connectivity index (χ2n) is 7.64. The molecule has 1 atom stereocenters. The van der Waals surface area contributed by atoms with E-state index in [1.165, 1.54) is 25.8 Å². The number of aromatic nitrogens is 2. The first-order valence-electron chi connectivity index (χ1n) is 9.54. The molecule has 2 aromatic rings. The first-order chi connectivity index (χ1) is 14.4. The number of nitrogens with one attached hydrogen (secondary N) is 1. The molecule has 1 aromatic carbocycles. The van der Waals surface area contributed by atoms with Gasteiger partial charge in [-0.3, -0.25) is 14.7 Å². The van der Waals surface area contributed by atoms with Gasteiger partial charge in [-0.05, 0) is 24.0 Å². The molecule has 2 heterocycles. The molecule has 3 rings (SSSR count). The van der Waals surface area contributed by atoms with Crippen LogP contribution in [0.1, 0.15) is 59.1 Å². The van der Waals surface area contributed by atoms with Crippen molar-refractivity contribution in [3.8, 4) is 0 Å². The minimum atomic E-state index is -5.05. The van der Waals surface area contributed by atoms with Crippen molar-refractivity contribution in [1.82, 2.24) is 20.0 Å². The van der Waals surface area contributed by atoms with Gasteiger partial charge in [-0.1, -0.05) is 13.0 Å². The quantitative estimate of drug-likeness (QED) is 0.713. The van der Waals surface area contributed by atoms with E-state index in [0.29, 0.717) is 23.9 Å². The predicted molar refractivity (Wildman–Crippen MR) is 99.9 cm³/mol. The Morgan fingerprint density at radius 1 is 1.26 bits per heavy atom. The van der Waals surface area contributed by atoms with E-state index in [4.69, 9.17) is 0 Å². The molecule has 0 radical (unpaired) electrons. The predicted octanol–water partition coefficient (Wildman–Crippen LogP) is 3.83. The topological polar surface area (TPSA) is 69.3 Å². The molecule has 1 unspecified atom stereocenters. The zero-order valence-corrected chi connectivity index (χ0v) is 17.1. The summed E-state index contributed by atoms with van der Waals surface area (Å²) >= 11 is 0. The van der Waals surface area contributed by atoms with E-state index in [9.17, 15) is 31.5 Å². The average Bonchev–Trinajstić information content (AvgIpc) is 3.27. The fourth-order valence-electron chi connectivity index (χ4n) is 3.63. The van der Waals surface area contributed by atoms with E-state index >= 15 is 0 Å². The van der Waals surface area contributed by atoms with Gasteiger partial charge in [-0.25, -0.2) is 8.78 Å². The highest BCUT2D eigenvalue weighted by Gasteiger charge is 2.39. The van der Waals surface area contributed by atoms with Crippen LogP contribution in [0.4, 0.5) is 22.0 Å². The van der Waals surface area contributed by atoms with E-state index in [-0.39, 0.29) is 36.7 Å². The van der Waals surface area contributed by atoms with E-state index in [1.807, 2.05) is 0 Å². The molecule has 0 fully saturated rings. The number of aromatic amines is 1. The highest BCUT2D eigenvalue weighted by atomic mass is 19.4. The number of hydrogen-bond donors (Lipinski definition) is 1. The lowest BCUT2D eigenvalue weighted by molar-refractivity contribution is -0.141. The summed E-state index contributed by atoms with van der Waals surface area (Å²) in [5, 5.41) is 6.75. The molecule has 1 aromatic heterocycles. The summed E-state index contributed by atoms with van der Waals surface area (Å²) in [7, 11) is 1.48. The Balaban J connectivity index is 1.71. The van der Waals surface area contributed by atoms with Gasteiger partial charge in [0, 0.05) is 26.1 Å². The van der Waals surface area contributed by atoms with Gasteiger partial charge in [0.05, 0.1) is 24.3 Å². The van der Waals surface area contributed by atoms with Crippen LogP contribution in [-0.2, 0) is 24.1 Å². The van der Waals surface area contributed by atoms with Gasteiger partial charge in [0.15, 0.2) is 17.3 Å². The highest BCUT2D eigenvalue weighted by molar-refractivity contribution is 5.94. The van der Waals surface area contributed by atoms with Gasteiger partial charge in [0.25, 0.3) is 5.91 Å². The van der Waals surface area contributed by atoms with Gasteiger partial charge >= 0.3 is 6.18 Å². The van der Waals surface area contributed by atoms with E-state index in [2.05, 4.69) is 10.2 Å². The molecule has 0 saturated heterocycles. The number of alkyl halides is 3. The summed E-state index contributed by atoms with van der Waals surface area (Å²) in [5.74, 6) is -4.88. The zero-order chi connectivity index (χ0) is 23.1. The average molecular weight is 444 g/mol. The smallest absolute Gasteiger partial charge is 0.340 e. The van der Waals surface area contributed by atoms with Gasteiger partial charge in [0.1, 0.15) is 0 Å². The number of rotatable bonds is 5. The fourth-order valence-corrected chi connectivity index (χ4v) is 3.63. The molecule has 11 heteroatoms. The lowest BCUT2D eigenvalue weighted by Crippen LogP contribution is -2.30. The molecule has 6 nitrogen and oxygen atoms in total. The van der Waals surface area contributed by atoms with Gasteiger partial charge in [0.2, 0.25) is 5.91 Å². The Morgan fingerprint density at radius 2 is 1.94 bits per heavy atom. The molecule has 2 amide bonds. The Kier molecular flexibility index (Phi) is 6.06. The lowest BCUT2D eigenvalue weighted by atomic mass is 9.92. The van der Waals surface area contributed by atoms with Crippen molar-refractivity contribution < 1.29 is 31.5 Å². The molecule has 1 N–H and O–H groups in total. The summed E-state index contributed by atoms with van der Waals surface area (Å²) in [6, 6.07) is 1.59. The third-order valence-electron chi connectivity index (χ3n) is 5.48. The molecule has 0 saturated carbocycles. The third kappa shape index (κ3) is 4.40. The second kappa shape index (κ2) is 8.27. The largest absolute Gasteiger partial charge is 0.419 e. The van der Waals surface area contributed by atoms with Crippen molar-refractivity contribution in [2.45, 2.75) is 45.5 Å². The van der Waals surface area contributed by atoms with Gasteiger partial charge < -0.3 is 9.80 Å². The number of carbonyl (C=O) groups is 2. The summed E-state index contributed by atoms with van der Waals surface area (Å²) < 4.78 is 67.0. The van der Waals surface area contributed by atoms with Crippen molar-refractivity contribution in [1.29, 1.82) is 0 Å². The Morgan fingerprint density at radius 3 is 2.55 bits per heavy atom. The maximum Gasteiger partial charge on any atom is 0.419 e. The normalized spacial score (nSPS) is 14.5. The van der Waals surface area contributed by atoms with Crippen molar-refractivity contribution in [3.63, 3.8) is 0 Å². The number of fused-ring (bicyclic) bond motifs is 1. The van der Waals surface area contributed by atoms with Crippen LogP contribution < -0.4 is 0 Å². The van der Waals surface area contributed by atoms with E-state index in [1.54, 1.807) is 4.90 Å². The van der Waals surface area contributed by atoms with Crippen LogP contribution in [0.5, 0.6) is 0 Å². The van der Waals surface area contributed by atoms with Crippen molar-refractivity contribution in [2.75, 3.05) is 13.6 Å². The monoisotopic (exact) mass is 444 g/mol. The molecule has 1 aliphatic heterocycles. The number of nitrogens with zero attached hydrogens (tertiary/aromatic N) is 3. The highest BCUT2D eigenvalue weighted by Crippen LogP contribution is 2.38. The number of halogens is 5. The third-order valence-corrected chi connectivity index (χ3v) is 5.48. The molecule has 168 valence electrons. The first kappa shape index (κ1) is 22.7. The minimum Gasteiger partial charge on any atom is -0.340 e. The number of carbonyl (C=O) groups excluding carboxylic acids is 2. The van der Waals surface area contributed by atoms with Crippen LogP contribution in [0.15, 0.2) is 12.1 Å². The fraction of sp³-hybridized carbons (Fsp3) is 0.450. The van der Waals surface area contributed by atoms with Gasteiger partial charge in [-0.15, -0.1) is 0 Å². The van der Waals surface area contributed by atoms with E-state index in [0.717, 1.165) is 6.07 Å². The van der Waals surface area contributed by atoms with Gasteiger partial charge in [-0.2, -0.15) is 18.3 Å². The summed E-state index contributed by atoms with van der Waals surface area (Å²) in [5.41, 5.74) is -0.567. The molecule has 0 aliphatic carbocycles. The van der Waals surface area contributed by atoms with Crippen LogP contribution >= 0.6 is 0 Å². The summed E-state index contributed by atoms with van der Waals surface area (Å²) in [6.45, 7) is 3.51. The molecule has 0 bridgehead atoms. The lowest BCUT2D eigenvalue weighted by Gasteiger charge is -2.22. The molecular formula is C20H21F5N4O2. The molecule has 31 heavy (non-hydrogen) atoms. The summed E-state index contributed by atoms with van der Waals surface area (Å²) in [6.07, 6.45) is -4.96. The van der Waals surface area contributed by atoms with Crippen LogP contribution in [0.2, 0.25) is 0 Å². The van der Waals surface area contributed by atoms with E-state index < -0.39 is 35.2 Å². The number of hydrogen-bond acceptors (Lipinski definition) is 3. The van der Waals surface area contributed by atoms with Crippen LogP contribution in [0, 0.1) is 11.6 Å². The maximum atomic E-state index is 13.8. The maximum absolute atomic E-state index is 13.8. The first-order valence-corrected chi connectivity index (χ1v) is 9.54. The van der Waals surface area contributed by atoms with Crippen LogP contribution in [0.25, 0.3) is 0 Å².